The van der Waals surface area contributed by atoms with Gasteiger partial charge in [0.15, 0.2) is 5.11 Å². The van der Waals surface area contributed by atoms with E-state index in [0.29, 0.717) is 27.4 Å². The fraction of sp³-hybridized carbons (Fsp3) is 0.500. The molecule has 3 unspecified atom stereocenters. The molecule has 2 saturated carbocycles. The summed E-state index contributed by atoms with van der Waals surface area (Å²) in [6.45, 7) is 0. The predicted molar refractivity (Wildman–Crippen MR) is 91.4 cm³/mol. The van der Waals surface area contributed by atoms with Gasteiger partial charge in [0.1, 0.15) is 0 Å². The van der Waals surface area contributed by atoms with Crippen molar-refractivity contribution >= 4 is 40.6 Å². The van der Waals surface area contributed by atoms with Crippen LogP contribution in [0, 0.1) is 11.8 Å². The Morgan fingerprint density at radius 3 is 2.82 bits per heavy atom. The molecule has 2 N–H and O–H groups in total. The number of halogens is 1. The zero-order valence-corrected chi connectivity index (χ0v) is 14.0. The molecule has 2 fully saturated rings. The quantitative estimate of drug-likeness (QED) is 0.651. The summed E-state index contributed by atoms with van der Waals surface area (Å²) in [4.78, 5) is 11.6. The van der Waals surface area contributed by atoms with E-state index in [1.54, 1.807) is 18.2 Å². The Morgan fingerprint density at radius 1 is 1.36 bits per heavy atom. The number of hydrogen-bond acceptors (Lipinski definition) is 3. The van der Waals surface area contributed by atoms with E-state index in [9.17, 15) is 4.79 Å². The molecule has 3 atom stereocenters. The summed E-state index contributed by atoms with van der Waals surface area (Å²) >= 11 is 11.6. The lowest BCUT2D eigenvalue weighted by molar-refractivity contribution is 0.0601. The van der Waals surface area contributed by atoms with Crippen molar-refractivity contribution in [2.75, 3.05) is 12.4 Å². The van der Waals surface area contributed by atoms with Gasteiger partial charge in [-0.3, -0.25) is 0 Å². The summed E-state index contributed by atoms with van der Waals surface area (Å²) in [5.41, 5.74) is 1.06. The Morgan fingerprint density at radius 2 is 2.18 bits per heavy atom. The van der Waals surface area contributed by atoms with Crippen LogP contribution < -0.4 is 10.6 Å². The Hall–Kier alpha value is -1.33. The van der Waals surface area contributed by atoms with Gasteiger partial charge in [0.2, 0.25) is 0 Å². The lowest BCUT2D eigenvalue weighted by Gasteiger charge is -2.24. The number of benzene rings is 1. The number of thiocarbonyl (C=S) groups is 1. The monoisotopic (exact) mass is 338 g/mol. The van der Waals surface area contributed by atoms with Gasteiger partial charge in [0.05, 0.1) is 23.4 Å². The summed E-state index contributed by atoms with van der Waals surface area (Å²) in [5, 5.41) is 7.57. The molecular weight excluding hydrogens is 320 g/mol. The maximum Gasteiger partial charge on any atom is 0.337 e. The fourth-order valence-corrected chi connectivity index (χ4v) is 4.04. The third-order valence-corrected chi connectivity index (χ3v) is 5.24. The molecule has 6 heteroatoms. The second-order valence-corrected chi connectivity index (χ2v) is 6.88. The van der Waals surface area contributed by atoms with Crippen molar-refractivity contribution in [1.29, 1.82) is 0 Å². The van der Waals surface area contributed by atoms with E-state index >= 15 is 0 Å². The maximum atomic E-state index is 11.6. The van der Waals surface area contributed by atoms with Crippen LogP contribution >= 0.6 is 23.8 Å². The summed E-state index contributed by atoms with van der Waals surface area (Å²) in [5.74, 6) is 1.20. The van der Waals surface area contributed by atoms with E-state index in [2.05, 4.69) is 10.6 Å². The first-order valence-corrected chi connectivity index (χ1v) is 8.31. The van der Waals surface area contributed by atoms with Crippen LogP contribution in [0.2, 0.25) is 5.02 Å². The number of nitrogens with one attached hydrogen (secondary N) is 2. The molecule has 4 nitrogen and oxygen atoms in total. The predicted octanol–water partition coefficient (Wildman–Crippen LogP) is 3.60. The lowest BCUT2D eigenvalue weighted by Crippen LogP contribution is -2.40. The summed E-state index contributed by atoms with van der Waals surface area (Å²) in [6.07, 6.45) is 5.17. The van der Waals surface area contributed by atoms with Crippen molar-refractivity contribution in [2.24, 2.45) is 11.8 Å². The second kappa shape index (κ2) is 6.42. The van der Waals surface area contributed by atoms with Gasteiger partial charge in [-0.25, -0.2) is 4.79 Å². The number of carbonyl (C=O) groups excluding carboxylic acids is 1. The minimum Gasteiger partial charge on any atom is -0.465 e. The molecule has 2 bridgehead atoms. The average molecular weight is 339 g/mol. The third-order valence-electron chi connectivity index (χ3n) is 4.69. The third kappa shape index (κ3) is 3.20. The van der Waals surface area contributed by atoms with Crippen molar-refractivity contribution in [3.63, 3.8) is 0 Å². The normalized spacial score (nSPS) is 25.8. The highest BCUT2D eigenvalue weighted by molar-refractivity contribution is 7.80. The first-order valence-electron chi connectivity index (χ1n) is 7.52. The van der Waals surface area contributed by atoms with Gasteiger partial charge in [-0.1, -0.05) is 18.0 Å². The molecule has 22 heavy (non-hydrogen) atoms. The Bertz CT molecular complexity index is 608. The topological polar surface area (TPSA) is 50.4 Å². The number of esters is 1. The number of carbonyl (C=O) groups is 1. The Balaban J connectivity index is 1.64. The van der Waals surface area contributed by atoms with Crippen molar-refractivity contribution < 1.29 is 9.53 Å². The molecule has 0 spiro atoms. The summed E-state index contributed by atoms with van der Waals surface area (Å²) in [7, 11) is 1.35. The largest absolute Gasteiger partial charge is 0.465 e. The fourth-order valence-electron chi connectivity index (χ4n) is 3.61. The second-order valence-electron chi connectivity index (χ2n) is 6.07. The molecule has 3 rings (SSSR count). The molecular formula is C16H19ClN2O2S. The molecule has 0 amide bonds. The number of hydrogen-bond donors (Lipinski definition) is 2. The van der Waals surface area contributed by atoms with E-state index in [-0.39, 0.29) is 0 Å². The summed E-state index contributed by atoms with van der Waals surface area (Å²) in [6, 6.07) is 5.41. The minimum absolute atomic E-state index is 0.397. The number of methoxy groups -OCH3 is 1. The summed E-state index contributed by atoms with van der Waals surface area (Å²) < 4.78 is 4.72. The molecule has 2 aliphatic carbocycles. The van der Waals surface area contributed by atoms with Crippen LogP contribution in [0.1, 0.15) is 36.0 Å². The number of fused-ring (bicyclic) bond motifs is 2. The van der Waals surface area contributed by atoms with Crippen LogP contribution in [0.4, 0.5) is 5.69 Å². The van der Waals surface area contributed by atoms with E-state index < -0.39 is 5.97 Å². The standard InChI is InChI=1S/C16H19ClN2O2S/c1-21-15(20)11-4-5-12(17)14(8-11)19-16(22)18-13-7-9-2-3-10(13)6-9/h4-5,8-10,13H,2-3,6-7H2,1H3,(H2,18,19,22). The van der Waals surface area contributed by atoms with E-state index in [1.807, 2.05) is 0 Å². The molecule has 0 radical (unpaired) electrons. The molecule has 0 aliphatic heterocycles. The first-order chi connectivity index (χ1) is 10.6. The molecule has 2 aliphatic rings. The van der Waals surface area contributed by atoms with E-state index in [0.717, 1.165) is 11.8 Å². The zero-order valence-electron chi connectivity index (χ0n) is 12.4. The number of rotatable bonds is 3. The number of ether oxygens (including phenoxy) is 1. The SMILES string of the molecule is COC(=O)c1ccc(Cl)c(NC(=S)NC2CC3CCC2C3)c1. The van der Waals surface area contributed by atoms with Gasteiger partial charge >= 0.3 is 5.97 Å². The number of anilines is 1. The zero-order chi connectivity index (χ0) is 15.7. The molecule has 0 aromatic heterocycles. The highest BCUT2D eigenvalue weighted by Gasteiger charge is 2.39. The van der Waals surface area contributed by atoms with Crippen LogP contribution in [-0.2, 0) is 4.74 Å². The molecule has 1 aromatic carbocycles. The van der Waals surface area contributed by atoms with Crippen LogP contribution in [0.15, 0.2) is 18.2 Å². The smallest absolute Gasteiger partial charge is 0.337 e. The highest BCUT2D eigenvalue weighted by Crippen LogP contribution is 2.44. The minimum atomic E-state index is -0.397. The van der Waals surface area contributed by atoms with Crippen molar-refractivity contribution in [3.05, 3.63) is 28.8 Å². The van der Waals surface area contributed by atoms with Crippen molar-refractivity contribution in [1.82, 2.24) is 5.32 Å². The van der Waals surface area contributed by atoms with E-state index in [4.69, 9.17) is 28.6 Å². The molecule has 1 aromatic rings. The average Bonchev–Trinajstić information content (AvgIpc) is 3.11. The van der Waals surface area contributed by atoms with Crippen molar-refractivity contribution in [2.45, 2.75) is 31.7 Å². The van der Waals surface area contributed by atoms with Crippen LogP contribution in [0.3, 0.4) is 0 Å². The van der Waals surface area contributed by atoms with Crippen LogP contribution in [-0.4, -0.2) is 24.2 Å². The molecule has 0 saturated heterocycles. The van der Waals surface area contributed by atoms with Gasteiger partial charge in [-0.2, -0.15) is 0 Å². The van der Waals surface area contributed by atoms with Crippen LogP contribution in [0.5, 0.6) is 0 Å². The van der Waals surface area contributed by atoms with Gasteiger partial charge in [0, 0.05) is 6.04 Å². The highest BCUT2D eigenvalue weighted by atomic mass is 35.5. The Kier molecular flexibility index (Phi) is 4.54. The van der Waals surface area contributed by atoms with Gasteiger partial charge in [-0.05, 0) is 61.5 Å². The van der Waals surface area contributed by atoms with Gasteiger partial charge in [-0.15, -0.1) is 0 Å². The molecule has 0 heterocycles. The molecule has 118 valence electrons. The van der Waals surface area contributed by atoms with Crippen molar-refractivity contribution in [3.8, 4) is 0 Å². The van der Waals surface area contributed by atoms with E-state index in [1.165, 1.54) is 32.8 Å². The van der Waals surface area contributed by atoms with Crippen LogP contribution in [0.25, 0.3) is 0 Å². The lowest BCUT2D eigenvalue weighted by atomic mass is 9.96. The van der Waals surface area contributed by atoms with Gasteiger partial charge < -0.3 is 15.4 Å². The first kappa shape index (κ1) is 15.6. The Labute approximate surface area is 140 Å². The maximum absolute atomic E-state index is 11.6. The van der Waals surface area contributed by atoms with Gasteiger partial charge in [0.25, 0.3) is 0 Å².